The first kappa shape index (κ1) is 15.3. The van der Waals surface area contributed by atoms with E-state index in [1.54, 1.807) is 0 Å². The van der Waals surface area contributed by atoms with Crippen molar-refractivity contribution in [3.05, 3.63) is 35.4 Å². The van der Waals surface area contributed by atoms with Crippen LogP contribution in [0, 0.1) is 0 Å². The number of carbonyl (C=O) groups is 2. The molecule has 0 unspecified atom stereocenters. The summed E-state index contributed by atoms with van der Waals surface area (Å²) in [7, 11) is -5.39. The Balaban J connectivity index is 0.000000437. The third kappa shape index (κ3) is 7.20. The van der Waals surface area contributed by atoms with Crippen molar-refractivity contribution in [2.75, 3.05) is 0 Å². The van der Waals surface area contributed by atoms with Gasteiger partial charge < -0.3 is 39.0 Å². The standard InChI is InChI=1S/C8H6O4.H3O4P/c9-7(10)5-3-1-2-4-6(5)8(11)12;1-5(2,3)4/h1-4H,(H,9,10)(H,11,12);(H3,1,2,3,4)/p-5. The van der Waals surface area contributed by atoms with Crippen molar-refractivity contribution in [3.8, 4) is 0 Å². The number of phosphoric acid groups is 1. The number of hydrogen-bond acceptors (Lipinski definition) is 8. The molecule has 0 aliphatic carbocycles. The second-order valence-corrected chi connectivity index (χ2v) is 3.46. The highest BCUT2D eigenvalue weighted by Crippen LogP contribution is 2.05. The van der Waals surface area contributed by atoms with Crippen molar-refractivity contribution in [3.63, 3.8) is 0 Å². The molecule has 0 amide bonds. The number of aromatic carboxylic acids is 2. The van der Waals surface area contributed by atoms with Gasteiger partial charge in [-0.25, -0.2) is 0 Å². The molecule has 0 heterocycles. The molecule has 0 saturated heterocycles. The number of hydrogen-bond donors (Lipinski definition) is 0. The number of carbonyl (C=O) groups excluding carboxylic acids is 2. The molecule has 9 heteroatoms. The average molecular weight is 259 g/mol. The van der Waals surface area contributed by atoms with E-state index in [1.807, 2.05) is 0 Å². The largest absolute Gasteiger partial charge is 0.822 e. The van der Waals surface area contributed by atoms with E-state index in [9.17, 15) is 19.8 Å². The lowest BCUT2D eigenvalue weighted by atomic mass is 10.1. The lowest BCUT2D eigenvalue weighted by Gasteiger charge is -2.36. The van der Waals surface area contributed by atoms with Gasteiger partial charge in [0.05, 0.1) is 11.9 Å². The van der Waals surface area contributed by atoms with Crippen LogP contribution in [0.5, 0.6) is 0 Å². The zero-order valence-corrected chi connectivity index (χ0v) is 8.92. The van der Waals surface area contributed by atoms with Crippen LogP contribution in [0.25, 0.3) is 0 Å². The second kappa shape index (κ2) is 6.12. The molecule has 0 saturated carbocycles. The number of carboxylic acids is 2. The Kier molecular flexibility index (Phi) is 5.49. The molecule has 0 fully saturated rings. The predicted octanol–water partition coefficient (Wildman–Crippen LogP) is -4.41. The van der Waals surface area contributed by atoms with Gasteiger partial charge in [-0.3, -0.25) is 0 Å². The van der Waals surface area contributed by atoms with Crippen LogP contribution in [0.3, 0.4) is 0 Å². The Morgan fingerprint density at radius 3 is 1.29 bits per heavy atom. The van der Waals surface area contributed by atoms with Crippen molar-refractivity contribution in [1.82, 2.24) is 0 Å². The fourth-order valence-corrected chi connectivity index (χ4v) is 0.839. The smallest absolute Gasteiger partial charge is 0.0721 e. The van der Waals surface area contributed by atoms with Gasteiger partial charge in [0.25, 0.3) is 0 Å². The maximum atomic E-state index is 10.3. The molecule has 0 aromatic heterocycles. The second-order valence-electron chi connectivity index (χ2n) is 2.57. The Hall–Kier alpha value is -1.73. The summed E-state index contributed by atoms with van der Waals surface area (Å²) in [5, 5.41) is 20.6. The van der Waals surface area contributed by atoms with Crippen LogP contribution < -0.4 is 24.9 Å². The van der Waals surface area contributed by atoms with Crippen LogP contribution in [-0.2, 0) is 4.57 Å². The van der Waals surface area contributed by atoms with E-state index in [0.29, 0.717) is 0 Å². The molecule has 17 heavy (non-hydrogen) atoms. The number of benzene rings is 1. The number of rotatable bonds is 2. The van der Waals surface area contributed by atoms with E-state index in [0.717, 1.165) is 12.1 Å². The molecule has 0 aliphatic rings. The van der Waals surface area contributed by atoms with E-state index >= 15 is 0 Å². The van der Waals surface area contributed by atoms with Crippen LogP contribution in [0.4, 0.5) is 0 Å². The van der Waals surface area contributed by atoms with Crippen LogP contribution in [0.15, 0.2) is 24.3 Å². The Labute approximate surface area is 95.0 Å². The highest BCUT2D eigenvalue weighted by molar-refractivity contribution is 7.40. The molecule has 0 radical (unpaired) electrons. The van der Waals surface area contributed by atoms with Crippen molar-refractivity contribution < 1.29 is 39.0 Å². The molecule has 8 nitrogen and oxygen atoms in total. The SMILES string of the molecule is O=C([O-])c1ccccc1C(=O)[O-].O=P([O-])([O-])[O-]. The summed E-state index contributed by atoms with van der Waals surface area (Å²) in [6, 6.07) is 5.14. The van der Waals surface area contributed by atoms with Gasteiger partial charge in [0.2, 0.25) is 0 Å². The number of carboxylic acid groups (broad SMARTS) is 2. The van der Waals surface area contributed by atoms with E-state index in [-0.39, 0.29) is 11.1 Å². The molecule has 1 rings (SSSR count). The molecule has 1 aromatic rings. The highest BCUT2D eigenvalue weighted by Gasteiger charge is 2.01. The Bertz CT molecular complexity index is 421. The van der Waals surface area contributed by atoms with Gasteiger partial charge in [-0.05, 0) is 0 Å². The van der Waals surface area contributed by atoms with E-state index in [1.165, 1.54) is 12.1 Å². The third-order valence-corrected chi connectivity index (χ3v) is 1.37. The molecular weight excluding hydrogens is 255 g/mol. The fraction of sp³-hybridized carbons (Fsp3) is 0. The van der Waals surface area contributed by atoms with Crippen LogP contribution in [0.1, 0.15) is 20.7 Å². The zero-order valence-electron chi connectivity index (χ0n) is 8.02. The summed E-state index contributed by atoms with van der Waals surface area (Å²) in [4.78, 5) is 46.3. The molecule has 94 valence electrons. The first-order chi connectivity index (χ1) is 7.63. The van der Waals surface area contributed by atoms with Crippen LogP contribution in [-0.4, -0.2) is 11.9 Å². The maximum Gasteiger partial charge on any atom is 0.0721 e. The zero-order chi connectivity index (χ0) is 13.6. The van der Waals surface area contributed by atoms with Crippen molar-refractivity contribution in [1.29, 1.82) is 0 Å². The highest BCUT2D eigenvalue weighted by atomic mass is 31.2. The van der Waals surface area contributed by atoms with Crippen molar-refractivity contribution >= 4 is 19.8 Å². The molecule has 1 aromatic carbocycles. The fourth-order valence-electron chi connectivity index (χ4n) is 0.839. The normalized spacial score (nSPS) is 10.1. The summed E-state index contributed by atoms with van der Waals surface area (Å²) in [6.07, 6.45) is 0. The van der Waals surface area contributed by atoms with E-state index in [4.69, 9.17) is 19.2 Å². The van der Waals surface area contributed by atoms with Crippen LogP contribution in [0.2, 0.25) is 0 Å². The molecule has 0 spiro atoms. The minimum absolute atomic E-state index is 0.363. The van der Waals surface area contributed by atoms with Gasteiger partial charge in [0.1, 0.15) is 0 Å². The van der Waals surface area contributed by atoms with Gasteiger partial charge in [-0.15, -0.1) is 0 Å². The first-order valence-electron chi connectivity index (χ1n) is 3.87. The lowest BCUT2D eigenvalue weighted by molar-refractivity contribution is -0.432. The molecule has 0 N–H and O–H groups in total. The van der Waals surface area contributed by atoms with Gasteiger partial charge in [-0.1, -0.05) is 24.3 Å². The predicted molar refractivity (Wildman–Crippen MR) is 42.7 cm³/mol. The molecule has 0 atom stereocenters. The van der Waals surface area contributed by atoms with Gasteiger partial charge >= 0.3 is 0 Å². The van der Waals surface area contributed by atoms with Crippen molar-refractivity contribution in [2.45, 2.75) is 0 Å². The lowest BCUT2D eigenvalue weighted by Crippen LogP contribution is -2.29. The summed E-state index contributed by atoms with van der Waals surface area (Å²) >= 11 is 0. The van der Waals surface area contributed by atoms with Crippen LogP contribution >= 0.6 is 7.82 Å². The Morgan fingerprint density at radius 2 is 1.12 bits per heavy atom. The van der Waals surface area contributed by atoms with E-state index in [2.05, 4.69) is 0 Å². The van der Waals surface area contributed by atoms with Gasteiger partial charge in [0.15, 0.2) is 0 Å². The average Bonchev–Trinajstić information content (AvgIpc) is 2.15. The van der Waals surface area contributed by atoms with E-state index < -0.39 is 19.8 Å². The summed E-state index contributed by atoms with van der Waals surface area (Å²) in [5.41, 5.74) is -0.727. The summed E-state index contributed by atoms with van der Waals surface area (Å²) in [6.45, 7) is 0. The summed E-state index contributed by atoms with van der Waals surface area (Å²) in [5.74, 6) is -3.04. The summed E-state index contributed by atoms with van der Waals surface area (Å²) < 4.78 is 8.55. The first-order valence-corrected chi connectivity index (χ1v) is 5.33. The molecule has 0 bridgehead atoms. The van der Waals surface area contributed by atoms with Gasteiger partial charge in [-0.2, -0.15) is 7.82 Å². The maximum absolute atomic E-state index is 10.3. The third-order valence-electron chi connectivity index (χ3n) is 1.37. The molecule has 0 aliphatic heterocycles. The van der Waals surface area contributed by atoms with Crippen molar-refractivity contribution in [2.24, 2.45) is 0 Å². The molecular formula is C8H4O8P-5. The monoisotopic (exact) mass is 259 g/mol. The minimum atomic E-state index is -5.39. The Morgan fingerprint density at radius 1 is 0.882 bits per heavy atom. The topological polar surface area (TPSA) is 167 Å². The minimum Gasteiger partial charge on any atom is -0.822 e. The quantitative estimate of drug-likeness (QED) is 0.479. The van der Waals surface area contributed by atoms with Gasteiger partial charge in [0, 0.05) is 11.1 Å².